The number of hydrogen-bond donors (Lipinski definition) is 1. The van der Waals surface area contributed by atoms with Gasteiger partial charge in [0, 0.05) is 30.5 Å². The number of carbonyl (C=O) groups excluding carboxylic acids is 1. The number of para-hydroxylation sites is 1. The predicted octanol–water partition coefficient (Wildman–Crippen LogP) is 1.92. The minimum absolute atomic E-state index is 0.0528. The van der Waals surface area contributed by atoms with E-state index in [1.165, 1.54) is 39.9 Å². The molecule has 1 atom stereocenters. The number of anilines is 1. The highest BCUT2D eigenvalue weighted by Gasteiger charge is 2.35. The van der Waals surface area contributed by atoms with Crippen LogP contribution in [0.1, 0.15) is 23.4 Å². The number of nitrogens with one attached hydrogen (secondary N) is 1. The molecule has 3 heterocycles. The van der Waals surface area contributed by atoms with Crippen molar-refractivity contribution in [2.24, 2.45) is 0 Å². The molecule has 1 aromatic heterocycles. The molecule has 0 spiro atoms. The van der Waals surface area contributed by atoms with Gasteiger partial charge in [0.2, 0.25) is 10.0 Å². The van der Waals surface area contributed by atoms with Gasteiger partial charge in [-0.2, -0.15) is 4.31 Å². The van der Waals surface area contributed by atoms with E-state index in [1.54, 1.807) is 0 Å². The number of nitro groups is 1. The van der Waals surface area contributed by atoms with Gasteiger partial charge < -0.3 is 4.74 Å². The minimum Gasteiger partial charge on any atom is -0.368 e. The number of amides is 1. The van der Waals surface area contributed by atoms with E-state index in [9.17, 15) is 23.3 Å². The summed E-state index contributed by atoms with van der Waals surface area (Å²) in [7, 11) is -4.04. The van der Waals surface area contributed by atoms with E-state index in [0.29, 0.717) is 29.5 Å². The van der Waals surface area contributed by atoms with Gasteiger partial charge in [-0.25, -0.2) is 13.4 Å². The summed E-state index contributed by atoms with van der Waals surface area (Å²) in [5.41, 5.74) is 0.277. The molecule has 1 N–H and O–H groups in total. The van der Waals surface area contributed by atoms with Crippen LogP contribution in [0.15, 0.2) is 29.2 Å². The van der Waals surface area contributed by atoms with Crippen molar-refractivity contribution in [2.45, 2.75) is 36.8 Å². The lowest BCUT2D eigenvalue weighted by atomic mass is 10.2. The third-order valence-electron chi connectivity index (χ3n) is 4.83. The Hall–Kier alpha value is -2.41. The van der Waals surface area contributed by atoms with Crippen LogP contribution >= 0.6 is 11.3 Å². The average molecular weight is 438 g/mol. The SMILES string of the molecule is O=C(Nc1nc2c(s1)CN(S(=O)(=O)c1ccccc1[N+](=O)[O-])CC2)C1CCCO1. The Kier molecular flexibility index (Phi) is 5.34. The normalized spacial score (nSPS) is 19.7. The van der Waals surface area contributed by atoms with Crippen molar-refractivity contribution in [3.63, 3.8) is 0 Å². The summed E-state index contributed by atoms with van der Waals surface area (Å²) >= 11 is 1.21. The Bertz CT molecular complexity index is 1060. The number of benzene rings is 1. The molecule has 1 amide bonds. The largest absolute Gasteiger partial charge is 0.368 e. The Morgan fingerprint density at radius 3 is 2.90 bits per heavy atom. The summed E-state index contributed by atoms with van der Waals surface area (Å²) in [6.45, 7) is 0.770. The topological polar surface area (TPSA) is 132 Å². The zero-order chi connectivity index (χ0) is 20.6. The zero-order valence-electron chi connectivity index (χ0n) is 15.2. The number of nitrogens with zero attached hydrogens (tertiary/aromatic N) is 3. The molecule has 1 fully saturated rings. The van der Waals surface area contributed by atoms with E-state index in [2.05, 4.69) is 10.3 Å². The first-order chi connectivity index (χ1) is 13.9. The fraction of sp³-hybridized carbons (Fsp3) is 0.412. The van der Waals surface area contributed by atoms with Gasteiger partial charge >= 0.3 is 0 Å². The second-order valence-corrected chi connectivity index (χ2v) is 9.68. The van der Waals surface area contributed by atoms with Crippen LogP contribution < -0.4 is 5.32 Å². The zero-order valence-corrected chi connectivity index (χ0v) is 16.9. The number of fused-ring (bicyclic) bond motifs is 1. The van der Waals surface area contributed by atoms with Crippen molar-refractivity contribution >= 4 is 38.1 Å². The number of nitro benzene ring substituents is 1. The number of ether oxygens (including phenoxy) is 1. The second kappa shape index (κ2) is 7.78. The van der Waals surface area contributed by atoms with E-state index < -0.39 is 26.7 Å². The second-order valence-electron chi connectivity index (χ2n) is 6.69. The quantitative estimate of drug-likeness (QED) is 0.557. The fourth-order valence-electron chi connectivity index (χ4n) is 3.37. The predicted molar refractivity (Wildman–Crippen MR) is 104 cm³/mol. The maximum Gasteiger partial charge on any atom is 0.289 e. The molecule has 154 valence electrons. The monoisotopic (exact) mass is 438 g/mol. The Morgan fingerprint density at radius 2 is 2.17 bits per heavy atom. The lowest BCUT2D eigenvalue weighted by Crippen LogP contribution is -2.35. The van der Waals surface area contributed by atoms with Gasteiger partial charge in [0.15, 0.2) is 10.0 Å². The Morgan fingerprint density at radius 1 is 1.38 bits per heavy atom. The van der Waals surface area contributed by atoms with Gasteiger partial charge in [-0.05, 0) is 18.9 Å². The standard InChI is InChI=1S/C17H18N4O6S2/c22-16(13-5-3-9-27-13)19-17-18-11-7-8-20(10-14(11)28-17)29(25,26)15-6-2-1-4-12(15)21(23)24/h1-2,4,6,13H,3,5,7-10H2,(H,18,19,22). The van der Waals surface area contributed by atoms with E-state index in [4.69, 9.17) is 4.74 Å². The first-order valence-corrected chi connectivity index (χ1v) is 11.3. The summed E-state index contributed by atoms with van der Waals surface area (Å²) in [5, 5.41) is 14.4. The molecule has 2 aliphatic heterocycles. The maximum absolute atomic E-state index is 13.0. The molecule has 12 heteroatoms. The van der Waals surface area contributed by atoms with Gasteiger partial charge in [0.25, 0.3) is 11.6 Å². The van der Waals surface area contributed by atoms with Crippen molar-refractivity contribution in [1.29, 1.82) is 0 Å². The van der Waals surface area contributed by atoms with Crippen LogP contribution in [0.2, 0.25) is 0 Å². The van der Waals surface area contributed by atoms with Gasteiger partial charge in [-0.1, -0.05) is 12.1 Å². The molecule has 2 aliphatic rings. The molecule has 10 nitrogen and oxygen atoms in total. The molecule has 0 aliphatic carbocycles. The number of hydrogen-bond acceptors (Lipinski definition) is 8. The van der Waals surface area contributed by atoms with E-state index >= 15 is 0 Å². The molecule has 0 saturated carbocycles. The number of sulfonamides is 1. The number of thiazole rings is 1. The Balaban J connectivity index is 1.53. The van der Waals surface area contributed by atoms with Crippen molar-refractivity contribution in [3.8, 4) is 0 Å². The molecule has 1 saturated heterocycles. The van der Waals surface area contributed by atoms with Crippen LogP contribution in [0.3, 0.4) is 0 Å². The highest BCUT2D eigenvalue weighted by molar-refractivity contribution is 7.89. The Labute approximate surface area is 170 Å². The molecule has 0 bridgehead atoms. The molecule has 1 aromatic carbocycles. The van der Waals surface area contributed by atoms with Crippen LogP contribution in [-0.2, 0) is 32.5 Å². The van der Waals surface area contributed by atoms with Gasteiger partial charge in [-0.15, -0.1) is 11.3 Å². The lowest BCUT2D eigenvalue weighted by Gasteiger charge is -2.25. The van der Waals surface area contributed by atoms with Gasteiger partial charge in [0.05, 0.1) is 17.2 Å². The average Bonchev–Trinajstić information content (AvgIpc) is 3.36. The number of aromatic nitrogens is 1. The fourth-order valence-corrected chi connectivity index (χ4v) is 6.04. The van der Waals surface area contributed by atoms with E-state index in [1.807, 2.05) is 0 Å². The highest BCUT2D eigenvalue weighted by Crippen LogP contribution is 2.33. The summed E-state index contributed by atoms with van der Waals surface area (Å²) in [4.78, 5) is 27.5. The summed E-state index contributed by atoms with van der Waals surface area (Å²) in [6.07, 6.45) is 1.39. The van der Waals surface area contributed by atoms with Crippen molar-refractivity contribution in [2.75, 3.05) is 18.5 Å². The lowest BCUT2D eigenvalue weighted by molar-refractivity contribution is -0.387. The molecular weight excluding hydrogens is 420 g/mol. The third-order valence-corrected chi connectivity index (χ3v) is 7.72. The van der Waals surface area contributed by atoms with Crippen LogP contribution in [0.5, 0.6) is 0 Å². The summed E-state index contributed by atoms with van der Waals surface area (Å²) in [5.74, 6) is -0.252. The van der Waals surface area contributed by atoms with Crippen molar-refractivity contribution in [3.05, 3.63) is 45.0 Å². The molecular formula is C17H18N4O6S2. The number of rotatable bonds is 5. The smallest absolute Gasteiger partial charge is 0.289 e. The third kappa shape index (κ3) is 3.88. The van der Waals surface area contributed by atoms with Crippen molar-refractivity contribution in [1.82, 2.24) is 9.29 Å². The van der Waals surface area contributed by atoms with Crippen LogP contribution in [0.4, 0.5) is 10.8 Å². The first-order valence-electron chi connectivity index (χ1n) is 9.01. The van der Waals surface area contributed by atoms with E-state index in [-0.39, 0.29) is 23.9 Å². The number of carbonyl (C=O) groups is 1. The summed E-state index contributed by atoms with van der Waals surface area (Å²) < 4.78 is 32.6. The summed E-state index contributed by atoms with van der Waals surface area (Å²) in [6, 6.07) is 5.30. The van der Waals surface area contributed by atoms with Crippen LogP contribution in [-0.4, -0.2) is 47.8 Å². The highest BCUT2D eigenvalue weighted by atomic mass is 32.2. The maximum atomic E-state index is 13.0. The van der Waals surface area contributed by atoms with Gasteiger partial charge in [-0.3, -0.25) is 20.2 Å². The molecule has 4 rings (SSSR count). The molecule has 0 radical (unpaired) electrons. The van der Waals surface area contributed by atoms with Crippen molar-refractivity contribution < 1.29 is 22.9 Å². The van der Waals surface area contributed by atoms with Crippen LogP contribution in [0.25, 0.3) is 0 Å². The van der Waals surface area contributed by atoms with E-state index in [0.717, 1.165) is 12.1 Å². The molecule has 29 heavy (non-hydrogen) atoms. The van der Waals surface area contributed by atoms with Gasteiger partial charge in [0.1, 0.15) is 6.10 Å². The van der Waals surface area contributed by atoms with Crippen LogP contribution in [0, 0.1) is 10.1 Å². The molecule has 1 unspecified atom stereocenters. The molecule has 2 aromatic rings. The first kappa shape index (κ1) is 19.9. The minimum atomic E-state index is -4.04.